The Hall–Kier alpha value is -2.93. The fraction of sp³-hybridized carbons (Fsp3) is 0.308. The van der Waals surface area contributed by atoms with E-state index < -0.39 is 5.60 Å². The maximum absolute atomic E-state index is 13.9. The van der Waals surface area contributed by atoms with Crippen molar-refractivity contribution in [3.63, 3.8) is 0 Å². The van der Waals surface area contributed by atoms with Crippen molar-refractivity contribution in [1.82, 2.24) is 0 Å². The van der Waals surface area contributed by atoms with Gasteiger partial charge in [-0.1, -0.05) is 40.3 Å². The highest BCUT2D eigenvalue weighted by atomic mass is 31.1. The van der Waals surface area contributed by atoms with Gasteiger partial charge in [-0.3, -0.25) is 9.98 Å². The fourth-order valence-electron chi connectivity index (χ4n) is 3.59. The highest BCUT2D eigenvalue weighted by molar-refractivity contribution is 7.52. The summed E-state index contributed by atoms with van der Waals surface area (Å²) in [6, 6.07) is 14.1. The number of hydrogen-bond acceptors (Lipinski definition) is 3. The van der Waals surface area contributed by atoms with E-state index in [1.54, 1.807) is 31.5 Å². The van der Waals surface area contributed by atoms with E-state index in [2.05, 4.69) is 23.0 Å². The highest BCUT2D eigenvalue weighted by Crippen LogP contribution is 2.43. The standard InChI is InChI=1S/C22H21FNOP.C4H8N2/c1-4-22(25)14(2)15(3)26-21(17-7-5-16(13-24)6-8-17)12-18-11-19(23)9-10-20(18)22;1-3-6-4-5-2/h5-12,14,25H,4H2,1-3H3;3-4H,1-2H3/b21-12-;/t14?,22-;/m1./s1. The van der Waals surface area contributed by atoms with E-state index in [9.17, 15) is 9.50 Å². The molecule has 1 heterocycles. The molecule has 0 aromatic heterocycles. The van der Waals surface area contributed by atoms with E-state index in [1.807, 2.05) is 39.0 Å². The average Bonchev–Trinajstić information content (AvgIpc) is 2.81. The third-order valence-corrected chi connectivity index (χ3v) is 6.96. The fourth-order valence-corrected chi connectivity index (χ4v) is 4.85. The molecule has 1 unspecified atom stereocenters. The van der Waals surface area contributed by atoms with Crippen molar-refractivity contribution in [3.8, 4) is 6.07 Å². The summed E-state index contributed by atoms with van der Waals surface area (Å²) in [6.45, 7) is 7.89. The topological polar surface area (TPSA) is 68.7 Å². The summed E-state index contributed by atoms with van der Waals surface area (Å²) in [5, 5.41) is 22.6. The average molecular weight is 450 g/mol. The Kier molecular flexibility index (Phi) is 9.20. The smallest absolute Gasteiger partial charge is 0.123 e. The largest absolute Gasteiger partial charge is 0.385 e. The molecule has 4 nitrogen and oxygen atoms in total. The first-order chi connectivity index (χ1) is 15.3. The second-order valence-electron chi connectivity index (χ2n) is 7.48. The number of benzene rings is 2. The van der Waals surface area contributed by atoms with Gasteiger partial charge in [0.25, 0.3) is 0 Å². The number of fused-ring (bicyclic) bond motifs is 1. The Bertz CT molecular complexity index is 1090. The van der Waals surface area contributed by atoms with E-state index in [1.165, 1.54) is 18.5 Å². The molecule has 2 aromatic carbocycles. The highest BCUT2D eigenvalue weighted by Gasteiger charge is 2.37. The van der Waals surface area contributed by atoms with E-state index in [0.29, 0.717) is 17.5 Å². The Balaban J connectivity index is 0.000000534. The lowest BCUT2D eigenvalue weighted by atomic mass is 9.76. The van der Waals surface area contributed by atoms with Gasteiger partial charge in [-0.25, -0.2) is 4.39 Å². The van der Waals surface area contributed by atoms with Gasteiger partial charge in [0.1, 0.15) is 12.2 Å². The van der Waals surface area contributed by atoms with Gasteiger partial charge in [0, 0.05) is 24.5 Å². The van der Waals surface area contributed by atoms with Gasteiger partial charge in [0.2, 0.25) is 0 Å². The van der Waals surface area contributed by atoms with Crippen molar-refractivity contribution in [1.29, 1.82) is 5.26 Å². The van der Waals surface area contributed by atoms with Gasteiger partial charge in [-0.2, -0.15) is 5.26 Å². The lowest BCUT2D eigenvalue weighted by Gasteiger charge is -2.36. The molecule has 1 aliphatic rings. The zero-order valence-electron chi connectivity index (χ0n) is 19.2. The Morgan fingerprint density at radius 3 is 2.47 bits per heavy atom. The molecule has 1 aliphatic heterocycles. The number of rotatable bonds is 3. The molecule has 166 valence electrons. The van der Waals surface area contributed by atoms with Crippen molar-refractivity contribution < 1.29 is 9.50 Å². The van der Waals surface area contributed by atoms with Crippen LogP contribution in [0.2, 0.25) is 0 Å². The van der Waals surface area contributed by atoms with E-state index in [4.69, 9.17) is 5.26 Å². The van der Waals surface area contributed by atoms with Crippen LogP contribution in [0, 0.1) is 23.1 Å². The van der Waals surface area contributed by atoms with Crippen molar-refractivity contribution in [2.75, 3.05) is 7.05 Å². The molecule has 6 heteroatoms. The van der Waals surface area contributed by atoms with Crippen molar-refractivity contribution in [2.24, 2.45) is 15.9 Å². The van der Waals surface area contributed by atoms with Gasteiger partial charge in [-0.15, -0.1) is 0 Å². The van der Waals surface area contributed by atoms with E-state index in [0.717, 1.165) is 29.9 Å². The molecule has 0 fully saturated rings. The first-order valence-corrected chi connectivity index (χ1v) is 11.4. The summed E-state index contributed by atoms with van der Waals surface area (Å²) >= 11 is 0. The van der Waals surface area contributed by atoms with Crippen LogP contribution in [-0.4, -0.2) is 30.0 Å². The number of aliphatic imine (C=N–C) groups is 2. The van der Waals surface area contributed by atoms with Crippen LogP contribution < -0.4 is 0 Å². The SMILES string of the molecule is CC=NC=NC.CC[C@]1(O)c2ccc(F)cc2/C=C(/c2ccc(C#N)cc2)P=C(C)C1C. The van der Waals surface area contributed by atoms with Crippen molar-refractivity contribution >= 4 is 37.4 Å². The first-order valence-electron chi connectivity index (χ1n) is 10.5. The van der Waals surface area contributed by atoms with Gasteiger partial charge >= 0.3 is 0 Å². The quantitative estimate of drug-likeness (QED) is 0.339. The summed E-state index contributed by atoms with van der Waals surface area (Å²) in [5.41, 5.74) is 2.05. The maximum Gasteiger partial charge on any atom is 0.123 e. The zero-order valence-corrected chi connectivity index (χ0v) is 20.1. The van der Waals surface area contributed by atoms with E-state index in [-0.39, 0.29) is 11.7 Å². The van der Waals surface area contributed by atoms with Gasteiger partial charge in [0.15, 0.2) is 0 Å². The summed E-state index contributed by atoms with van der Waals surface area (Å²) < 4.78 is 13.9. The molecule has 32 heavy (non-hydrogen) atoms. The Morgan fingerprint density at radius 1 is 1.25 bits per heavy atom. The van der Waals surface area contributed by atoms with Crippen LogP contribution in [0.4, 0.5) is 4.39 Å². The van der Waals surface area contributed by atoms with Crippen LogP contribution in [0.5, 0.6) is 0 Å². The Morgan fingerprint density at radius 2 is 1.94 bits per heavy atom. The second-order valence-corrected chi connectivity index (χ2v) is 8.89. The molecule has 0 saturated carbocycles. The second kappa shape index (κ2) is 11.6. The van der Waals surface area contributed by atoms with Crippen LogP contribution in [0.25, 0.3) is 11.4 Å². The Labute approximate surface area is 191 Å². The predicted octanol–water partition coefficient (Wildman–Crippen LogP) is 6.32. The first kappa shape index (κ1) is 25.3. The zero-order chi connectivity index (χ0) is 23.7. The summed E-state index contributed by atoms with van der Waals surface area (Å²) in [5.74, 6) is -0.385. The number of aliphatic hydroxyl groups is 1. The molecule has 2 atom stereocenters. The number of halogens is 1. The summed E-state index contributed by atoms with van der Waals surface area (Å²) in [7, 11) is 2.69. The lowest BCUT2D eigenvalue weighted by molar-refractivity contribution is 0.00412. The van der Waals surface area contributed by atoms with E-state index >= 15 is 0 Å². The normalized spacial score (nSPS) is 22.5. The molecule has 0 bridgehead atoms. The van der Waals surface area contributed by atoms with Crippen molar-refractivity contribution in [2.45, 2.75) is 39.7 Å². The minimum atomic E-state index is -1.02. The third kappa shape index (κ3) is 5.85. The molecule has 3 rings (SSSR count). The molecule has 2 aromatic rings. The van der Waals surface area contributed by atoms with Crippen LogP contribution in [-0.2, 0) is 5.60 Å². The molecule has 0 amide bonds. The molecule has 0 aliphatic carbocycles. The molecular weight excluding hydrogens is 420 g/mol. The number of nitrogens with zero attached hydrogens (tertiary/aromatic N) is 3. The minimum absolute atomic E-state index is 0.0690. The van der Waals surface area contributed by atoms with Crippen LogP contribution in [0.15, 0.2) is 52.4 Å². The molecular formula is C26H29FN3OP. The van der Waals surface area contributed by atoms with Crippen LogP contribution in [0.1, 0.15) is 56.4 Å². The van der Waals surface area contributed by atoms with Crippen molar-refractivity contribution in [3.05, 3.63) is 70.5 Å². The van der Waals surface area contributed by atoms with Gasteiger partial charge in [0.05, 0.1) is 17.2 Å². The third-order valence-electron chi connectivity index (χ3n) is 5.59. The molecule has 0 radical (unpaired) electrons. The lowest BCUT2D eigenvalue weighted by Crippen LogP contribution is -2.37. The maximum atomic E-state index is 13.9. The number of nitriles is 1. The molecule has 0 saturated heterocycles. The summed E-state index contributed by atoms with van der Waals surface area (Å²) in [6.07, 6.45) is 5.70. The van der Waals surface area contributed by atoms with Crippen LogP contribution >= 0.6 is 8.20 Å². The minimum Gasteiger partial charge on any atom is -0.385 e. The predicted molar refractivity (Wildman–Crippen MR) is 135 cm³/mol. The monoisotopic (exact) mass is 449 g/mol. The molecule has 1 N–H and O–H groups in total. The van der Waals surface area contributed by atoms with Gasteiger partial charge in [-0.05, 0) is 72.6 Å². The van der Waals surface area contributed by atoms with Crippen LogP contribution in [0.3, 0.4) is 0 Å². The van der Waals surface area contributed by atoms with Gasteiger partial charge < -0.3 is 5.11 Å². The number of hydrogen-bond donors (Lipinski definition) is 1. The molecule has 0 spiro atoms. The summed E-state index contributed by atoms with van der Waals surface area (Å²) in [4.78, 5) is 7.28.